The molecule has 3 aromatic rings. The SMILES string of the molecule is O=C1NC(=O)N(c2ccccc2)C(=O)/C1=C\c1ccc(-c2ccc(Cl)c(Cl)c2)o1. The Hall–Kier alpha value is -3.35. The number of nitrogens with one attached hydrogen (secondary N) is 1. The molecule has 4 amide bonds. The van der Waals surface area contributed by atoms with Crippen LogP contribution >= 0.6 is 23.2 Å². The van der Waals surface area contributed by atoms with Crippen LogP contribution in [0.15, 0.2) is 70.7 Å². The summed E-state index contributed by atoms with van der Waals surface area (Å²) >= 11 is 12.0. The second kappa shape index (κ2) is 7.58. The Bertz CT molecular complexity index is 1170. The molecule has 4 rings (SSSR count). The highest BCUT2D eigenvalue weighted by atomic mass is 35.5. The van der Waals surface area contributed by atoms with Gasteiger partial charge in [-0.2, -0.15) is 0 Å². The van der Waals surface area contributed by atoms with Gasteiger partial charge < -0.3 is 4.42 Å². The number of para-hydroxylation sites is 1. The van der Waals surface area contributed by atoms with Gasteiger partial charge in [-0.15, -0.1) is 0 Å². The van der Waals surface area contributed by atoms with Crippen LogP contribution in [0.1, 0.15) is 5.76 Å². The third-order valence-corrected chi connectivity index (χ3v) is 4.97. The largest absolute Gasteiger partial charge is 0.457 e. The van der Waals surface area contributed by atoms with E-state index in [4.69, 9.17) is 27.6 Å². The van der Waals surface area contributed by atoms with Crippen molar-refractivity contribution in [2.24, 2.45) is 0 Å². The molecule has 0 radical (unpaired) electrons. The van der Waals surface area contributed by atoms with Crippen LogP contribution in [0.4, 0.5) is 10.5 Å². The quantitative estimate of drug-likeness (QED) is 0.476. The molecule has 1 fully saturated rings. The van der Waals surface area contributed by atoms with Crippen molar-refractivity contribution in [1.82, 2.24) is 5.32 Å². The molecule has 0 saturated carbocycles. The standard InChI is InChI=1S/C21H12Cl2N2O4/c22-16-8-6-12(10-17(16)23)18-9-7-14(29-18)11-15-19(26)24-21(28)25(20(15)27)13-4-2-1-3-5-13/h1-11H,(H,24,26,28)/b15-11-. The fourth-order valence-electron chi connectivity index (χ4n) is 2.85. The van der Waals surface area contributed by atoms with E-state index in [1.807, 2.05) is 0 Å². The third-order valence-electron chi connectivity index (χ3n) is 4.23. The Morgan fingerprint density at radius 1 is 0.897 bits per heavy atom. The monoisotopic (exact) mass is 426 g/mol. The minimum absolute atomic E-state index is 0.219. The summed E-state index contributed by atoms with van der Waals surface area (Å²) in [7, 11) is 0. The highest BCUT2D eigenvalue weighted by Crippen LogP contribution is 2.30. The molecule has 29 heavy (non-hydrogen) atoms. The molecule has 0 unspecified atom stereocenters. The molecule has 1 aromatic heterocycles. The highest BCUT2D eigenvalue weighted by Gasteiger charge is 2.36. The van der Waals surface area contributed by atoms with E-state index in [2.05, 4.69) is 5.32 Å². The van der Waals surface area contributed by atoms with E-state index in [1.54, 1.807) is 60.7 Å². The van der Waals surface area contributed by atoms with Crippen molar-refractivity contribution in [2.45, 2.75) is 0 Å². The van der Waals surface area contributed by atoms with Crippen LogP contribution in [0.5, 0.6) is 0 Å². The van der Waals surface area contributed by atoms with Crippen molar-refractivity contribution >= 4 is 52.8 Å². The number of furan rings is 1. The third kappa shape index (κ3) is 3.68. The van der Waals surface area contributed by atoms with Crippen molar-refractivity contribution in [2.75, 3.05) is 4.90 Å². The van der Waals surface area contributed by atoms with Crippen LogP contribution in [0.2, 0.25) is 10.0 Å². The molecular weight excluding hydrogens is 415 g/mol. The van der Waals surface area contributed by atoms with Gasteiger partial charge >= 0.3 is 6.03 Å². The maximum absolute atomic E-state index is 12.8. The van der Waals surface area contributed by atoms with E-state index in [-0.39, 0.29) is 11.3 Å². The Morgan fingerprint density at radius 3 is 2.38 bits per heavy atom. The number of hydrogen-bond acceptors (Lipinski definition) is 4. The molecule has 0 spiro atoms. The van der Waals surface area contributed by atoms with Gasteiger partial charge in [-0.25, -0.2) is 9.69 Å². The van der Waals surface area contributed by atoms with E-state index in [9.17, 15) is 14.4 Å². The van der Waals surface area contributed by atoms with Crippen LogP contribution in [0.3, 0.4) is 0 Å². The summed E-state index contributed by atoms with van der Waals surface area (Å²) in [5.41, 5.74) is 0.817. The summed E-state index contributed by atoms with van der Waals surface area (Å²) in [4.78, 5) is 38.1. The fraction of sp³-hybridized carbons (Fsp3) is 0. The molecular formula is C21H12Cl2N2O4. The number of halogens is 2. The normalized spacial score (nSPS) is 15.7. The van der Waals surface area contributed by atoms with Gasteiger partial charge in [0.25, 0.3) is 11.8 Å². The van der Waals surface area contributed by atoms with E-state index in [0.29, 0.717) is 27.1 Å². The first kappa shape index (κ1) is 19.0. The van der Waals surface area contributed by atoms with Crippen LogP contribution in [0.25, 0.3) is 17.4 Å². The molecule has 1 saturated heterocycles. The van der Waals surface area contributed by atoms with Crippen molar-refractivity contribution in [1.29, 1.82) is 0 Å². The van der Waals surface area contributed by atoms with Gasteiger partial charge in [0.1, 0.15) is 17.1 Å². The Kier molecular flexibility index (Phi) is 4.96. The highest BCUT2D eigenvalue weighted by molar-refractivity contribution is 6.42. The Balaban J connectivity index is 1.67. The van der Waals surface area contributed by atoms with Gasteiger partial charge in [0, 0.05) is 5.56 Å². The first-order chi connectivity index (χ1) is 13.9. The Labute approximate surface area is 175 Å². The molecule has 1 aliphatic rings. The summed E-state index contributed by atoms with van der Waals surface area (Å²) in [5, 5.41) is 2.96. The number of anilines is 1. The first-order valence-electron chi connectivity index (χ1n) is 8.46. The zero-order valence-corrected chi connectivity index (χ0v) is 16.2. The molecule has 8 heteroatoms. The van der Waals surface area contributed by atoms with E-state index < -0.39 is 17.8 Å². The number of imide groups is 2. The fourth-order valence-corrected chi connectivity index (χ4v) is 3.14. The molecule has 144 valence electrons. The van der Waals surface area contributed by atoms with Gasteiger partial charge in [-0.1, -0.05) is 41.4 Å². The molecule has 1 N–H and O–H groups in total. The van der Waals surface area contributed by atoms with Gasteiger partial charge in [0.05, 0.1) is 15.7 Å². The number of barbiturate groups is 1. The van der Waals surface area contributed by atoms with Crippen LogP contribution in [0, 0.1) is 0 Å². The van der Waals surface area contributed by atoms with E-state index >= 15 is 0 Å². The molecule has 2 aromatic carbocycles. The first-order valence-corrected chi connectivity index (χ1v) is 9.21. The molecule has 1 aliphatic heterocycles. The van der Waals surface area contributed by atoms with Crippen LogP contribution < -0.4 is 10.2 Å². The van der Waals surface area contributed by atoms with Crippen molar-refractivity contribution < 1.29 is 18.8 Å². The number of nitrogens with zero attached hydrogens (tertiary/aromatic N) is 1. The van der Waals surface area contributed by atoms with Crippen LogP contribution in [-0.2, 0) is 9.59 Å². The summed E-state index contributed by atoms with van der Waals surface area (Å²) in [6.45, 7) is 0. The summed E-state index contributed by atoms with van der Waals surface area (Å²) in [6.07, 6.45) is 1.29. The number of carbonyl (C=O) groups is 3. The average molecular weight is 427 g/mol. The predicted octanol–water partition coefficient (Wildman–Crippen LogP) is 4.92. The maximum Gasteiger partial charge on any atom is 0.335 e. The molecule has 0 atom stereocenters. The maximum atomic E-state index is 12.8. The lowest BCUT2D eigenvalue weighted by Crippen LogP contribution is -2.54. The topological polar surface area (TPSA) is 79.6 Å². The van der Waals surface area contributed by atoms with E-state index in [0.717, 1.165) is 4.90 Å². The van der Waals surface area contributed by atoms with E-state index in [1.165, 1.54) is 6.08 Å². The Morgan fingerprint density at radius 2 is 1.66 bits per heavy atom. The zero-order chi connectivity index (χ0) is 20.5. The predicted molar refractivity (Wildman–Crippen MR) is 110 cm³/mol. The lowest BCUT2D eigenvalue weighted by molar-refractivity contribution is -0.122. The average Bonchev–Trinajstić information content (AvgIpc) is 3.17. The lowest BCUT2D eigenvalue weighted by atomic mass is 10.1. The number of carbonyl (C=O) groups excluding carboxylic acids is 3. The summed E-state index contributed by atoms with van der Waals surface area (Å²) in [5.74, 6) is -0.779. The number of urea groups is 1. The molecule has 0 aliphatic carbocycles. The van der Waals surface area contributed by atoms with Gasteiger partial charge in [0.2, 0.25) is 0 Å². The smallest absolute Gasteiger partial charge is 0.335 e. The van der Waals surface area contributed by atoms with Gasteiger partial charge in [-0.3, -0.25) is 14.9 Å². The lowest BCUT2D eigenvalue weighted by Gasteiger charge is -2.26. The zero-order valence-electron chi connectivity index (χ0n) is 14.7. The second-order valence-corrected chi connectivity index (χ2v) is 6.94. The van der Waals surface area contributed by atoms with Crippen molar-refractivity contribution in [3.05, 3.63) is 82.0 Å². The molecule has 6 nitrogen and oxygen atoms in total. The van der Waals surface area contributed by atoms with Gasteiger partial charge in [0.15, 0.2) is 0 Å². The number of rotatable bonds is 3. The minimum Gasteiger partial charge on any atom is -0.457 e. The van der Waals surface area contributed by atoms with Crippen LogP contribution in [-0.4, -0.2) is 17.8 Å². The number of hydrogen-bond donors (Lipinski definition) is 1. The molecule has 0 bridgehead atoms. The van der Waals surface area contributed by atoms with Crippen molar-refractivity contribution in [3.63, 3.8) is 0 Å². The number of amides is 4. The summed E-state index contributed by atoms with van der Waals surface area (Å²) < 4.78 is 5.72. The van der Waals surface area contributed by atoms with Crippen molar-refractivity contribution in [3.8, 4) is 11.3 Å². The van der Waals surface area contributed by atoms with Gasteiger partial charge in [-0.05, 0) is 48.5 Å². The second-order valence-electron chi connectivity index (χ2n) is 6.12. The molecule has 2 heterocycles. The minimum atomic E-state index is -0.806. The summed E-state index contributed by atoms with van der Waals surface area (Å²) in [6, 6.07) is 15.8. The number of benzene rings is 2.